The number of nitrogens with two attached hydrogens (primary N) is 1. The van der Waals surface area contributed by atoms with Crippen molar-refractivity contribution in [2.24, 2.45) is 0 Å². The van der Waals surface area contributed by atoms with E-state index in [0.29, 0.717) is 18.5 Å². The first kappa shape index (κ1) is 13.9. The first-order valence-electron chi connectivity index (χ1n) is 7.07. The van der Waals surface area contributed by atoms with Gasteiger partial charge in [0.05, 0.1) is 25.5 Å². The Morgan fingerprint density at radius 1 is 1.38 bits per heavy atom. The van der Waals surface area contributed by atoms with Gasteiger partial charge in [0, 0.05) is 18.2 Å². The Labute approximate surface area is 123 Å². The van der Waals surface area contributed by atoms with Gasteiger partial charge in [0.25, 0.3) is 0 Å². The van der Waals surface area contributed by atoms with Crippen molar-refractivity contribution in [1.82, 2.24) is 15.5 Å². The zero-order chi connectivity index (χ0) is 14.7. The number of anilines is 1. The van der Waals surface area contributed by atoms with Crippen LogP contribution in [0.4, 0.5) is 5.82 Å². The molecule has 0 aliphatic carbocycles. The van der Waals surface area contributed by atoms with Crippen molar-refractivity contribution in [3.8, 4) is 17.0 Å². The highest BCUT2D eigenvalue weighted by atomic mass is 16.5. The van der Waals surface area contributed by atoms with E-state index < -0.39 is 0 Å². The van der Waals surface area contributed by atoms with E-state index in [2.05, 4.69) is 15.5 Å². The van der Waals surface area contributed by atoms with E-state index in [1.54, 1.807) is 13.2 Å². The molecule has 2 aromatic rings. The SMILES string of the molecule is COc1cc(COC2CCNC2)ccc1-c1cc(N)n[nH]1. The summed E-state index contributed by atoms with van der Waals surface area (Å²) in [5.41, 5.74) is 8.52. The predicted octanol–water partition coefficient (Wildman–Crippen LogP) is 1.55. The summed E-state index contributed by atoms with van der Waals surface area (Å²) >= 11 is 0. The number of aromatic amines is 1. The molecule has 3 rings (SSSR count). The third-order valence-corrected chi connectivity index (χ3v) is 3.65. The molecule has 1 saturated heterocycles. The largest absolute Gasteiger partial charge is 0.496 e. The summed E-state index contributed by atoms with van der Waals surface area (Å²) < 4.78 is 11.3. The lowest BCUT2D eigenvalue weighted by Crippen LogP contribution is -2.16. The molecule has 1 aliphatic rings. The van der Waals surface area contributed by atoms with Crippen LogP contribution in [0.1, 0.15) is 12.0 Å². The zero-order valence-corrected chi connectivity index (χ0v) is 12.1. The maximum absolute atomic E-state index is 5.88. The van der Waals surface area contributed by atoms with Crippen molar-refractivity contribution < 1.29 is 9.47 Å². The van der Waals surface area contributed by atoms with Crippen LogP contribution in [0.3, 0.4) is 0 Å². The molecule has 6 nitrogen and oxygen atoms in total. The maximum Gasteiger partial charge on any atom is 0.145 e. The standard InChI is InChI=1S/C15H20N4O2/c1-20-14-6-10(9-21-11-4-5-17-8-11)2-3-12(14)13-7-15(16)19-18-13/h2-3,6-7,11,17H,4-5,8-9H2,1H3,(H3,16,18,19). The summed E-state index contributed by atoms with van der Waals surface area (Å²) in [6, 6.07) is 7.82. The number of nitrogens with zero attached hydrogens (tertiary/aromatic N) is 1. The Bertz CT molecular complexity index is 605. The minimum Gasteiger partial charge on any atom is -0.496 e. The number of hydrogen-bond acceptors (Lipinski definition) is 5. The molecule has 4 N–H and O–H groups in total. The summed E-state index contributed by atoms with van der Waals surface area (Å²) in [6.45, 7) is 2.56. The first-order chi connectivity index (χ1) is 10.3. The van der Waals surface area contributed by atoms with E-state index in [4.69, 9.17) is 15.2 Å². The van der Waals surface area contributed by atoms with Crippen LogP contribution in [0.15, 0.2) is 24.3 Å². The number of ether oxygens (including phenoxy) is 2. The molecular formula is C15H20N4O2. The fraction of sp³-hybridized carbons (Fsp3) is 0.400. The van der Waals surface area contributed by atoms with E-state index in [0.717, 1.165) is 42.1 Å². The number of hydrogen-bond donors (Lipinski definition) is 3. The summed E-state index contributed by atoms with van der Waals surface area (Å²) in [4.78, 5) is 0. The van der Waals surface area contributed by atoms with Gasteiger partial charge in [-0.2, -0.15) is 5.10 Å². The molecule has 0 amide bonds. The molecule has 1 atom stereocenters. The van der Waals surface area contributed by atoms with Crippen LogP contribution in [0.2, 0.25) is 0 Å². The molecule has 0 spiro atoms. The monoisotopic (exact) mass is 288 g/mol. The normalized spacial score (nSPS) is 18.0. The molecule has 0 saturated carbocycles. The van der Waals surface area contributed by atoms with Gasteiger partial charge < -0.3 is 20.5 Å². The van der Waals surface area contributed by atoms with Gasteiger partial charge in [-0.05, 0) is 30.7 Å². The second-order valence-corrected chi connectivity index (χ2v) is 5.17. The zero-order valence-electron chi connectivity index (χ0n) is 12.1. The number of benzene rings is 1. The van der Waals surface area contributed by atoms with Crippen molar-refractivity contribution in [2.45, 2.75) is 19.1 Å². The number of nitrogen functional groups attached to an aromatic ring is 1. The van der Waals surface area contributed by atoms with Crippen LogP contribution >= 0.6 is 0 Å². The minimum absolute atomic E-state index is 0.308. The van der Waals surface area contributed by atoms with E-state index in [1.165, 1.54) is 0 Å². The topological polar surface area (TPSA) is 85.2 Å². The van der Waals surface area contributed by atoms with Crippen LogP contribution in [0, 0.1) is 0 Å². The van der Waals surface area contributed by atoms with Crippen LogP contribution < -0.4 is 15.8 Å². The molecule has 1 aromatic heterocycles. The molecule has 0 bridgehead atoms. The van der Waals surface area contributed by atoms with E-state index >= 15 is 0 Å². The van der Waals surface area contributed by atoms with Gasteiger partial charge in [-0.15, -0.1) is 0 Å². The fourth-order valence-corrected chi connectivity index (χ4v) is 2.51. The van der Waals surface area contributed by atoms with Crippen molar-refractivity contribution in [1.29, 1.82) is 0 Å². The van der Waals surface area contributed by atoms with Gasteiger partial charge in [0.2, 0.25) is 0 Å². The molecule has 21 heavy (non-hydrogen) atoms. The average molecular weight is 288 g/mol. The van der Waals surface area contributed by atoms with Gasteiger partial charge in [-0.1, -0.05) is 6.07 Å². The lowest BCUT2D eigenvalue weighted by atomic mass is 10.1. The predicted molar refractivity (Wildman–Crippen MR) is 81.1 cm³/mol. The molecule has 1 fully saturated rings. The van der Waals surface area contributed by atoms with Crippen molar-refractivity contribution >= 4 is 5.82 Å². The quantitative estimate of drug-likeness (QED) is 0.777. The Balaban J connectivity index is 1.75. The second kappa shape index (κ2) is 6.15. The number of aromatic nitrogens is 2. The van der Waals surface area contributed by atoms with Crippen molar-refractivity contribution in [3.05, 3.63) is 29.8 Å². The Morgan fingerprint density at radius 2 is 2.29 bits per heavy atom. The Morgan fingerprint density at radius 3 is 2.95 bits per heavy atom. The molecule has 1 unspecified atom stereocenters. The Kier molecular flexibility index (Phi) is 4.08. The van der Waals surface area contributed by atoms with Crippen LogP contribution in [-0.4, -0.2) is 36.5 Å². The minimum atomic E-state index is 0.308. The highest BCUT2D eigenvalue weighted by molar-refractivity contribution is 5.69. The van der Waals surface area contributed by atoms with Gasteiger partial charge >= 0.3 is 0 Å². The van der Waals surface area contributed by atoms with Gasteiger partial charge in [-0.25, -0.2) is 0 Å². The van der Waals surface area contributed by atoms with Crippen molar-refractivity contribution in [2.75, 3.05) is 25.9 Å². The second-order valence-electron chi connectivity index (χ2n) is 5.17. The van der Waals surface area contributed by atoms with Crippen LogP contribution in [0.25, 0.3) is 11.3 Å². The maximum atomic E-state index is 5.88. The molecule has 1 aromatic carbocycles. The van der Waals surface area contributed by atoms with Crippen LogP contribution in [-0.2, 0) is 11.3 Å². The molecule has 2 heterocycles. The molecule has 1 aliphatic heterocycles. The smallest absolute Gasteiger partial charge is 0.145 e. The summed E-state index contributed by atoms with van der Waals surface area (Å²) in [5, 5.41) is 10.1. The lowest BCUT2D eigenvalue weighted by molar-refractivity contribution is 0.0541. The fourth-order valence-electron chi connectivity index (χ4n) is 2.51. The van der Waals surface area contributed by atoms with Crippen LogP contribution in [0.5, 0.6) is 5.75 Å². The van der Waals surface area contributed by atoms with Gasteiger partial charge in [-0.3, -0.25) is 5.10 Å². The highest BCUT2D eigenvalue weighted by Crippen LogP contribution is 2.30. The number of H-pyrrole nitrogens is 1. The number of nitrogens with one attached hydrogen (secondary N) is 2. The highest BCUT2D eigenvalue weighted by Gasteiger charge is 2.15. The van der Waals surface area contributed by atoms with E-state index in [9.17, 15) is 0 Å². The van der Waals surface area contributed by atoms with Gasteiger partial charge in [0.1, 0.15) is 11.6 Å². The summed E-state index contributed by atoms with van der Waals surface area (Å²) in [6.07, 6.45) is 1.38. The molecule has 0 radical (unpaired) electrons. The number of methoxy groups -OCH3 is 1. The third kappa shape index (κ3) is 3.17. The van der Waals surface area contributed by atoms with Gasteiger partial charge in [0.15, 0.2) is 0 Å². The third-order valence-electron chi connectivity index (χ3n) is 3.65. The summed E-state index contributed by atoms with van der Waals surface area (Å²) in [7, 11) is 1.66. The first-order valence-corrected chi connectivity index (χ1v) is 7.07. The lowest BCUT2D eigenvalue weighted by Gasteiger charge is -2.13. The molecule has 6 heteroatoms. The molecular weight excluding hydrogens is 268 g/mol. The van der Waals surface area contributed by atoms with E-state index in [-0.39, 0.29) is 0 Å². The Hall–Kier alpha value is -2.05. The van der Waals surface area contributed by atoms with Crippen molar-refractivity contribution in [3.63, 3.8) is 0 Å². The average Bonchev–Trinajstić information content (AvgIpc) is 3.16. The summed E-state index contributed by atoms with van der Waals surface area (Å²) in [5.74, 6) is 1.25. The number of rotatable bonds is 5. The molecule has 112 valence electrons. The van der Waals surface area contributed by atoms with E-state index in [1.807, 2.05) is 18.2 Å².